The Labute approximate surface area is 121 Å². The van der Waals surface area contributed by atoms with Crippen LogP contribution in [0.15, 0.2) is 29.2 Å². The number of rotatable bonds is 4. The van der Waals surface area contributed by atoms with Crippen LogP contribution in [0.5, 0.6) is 0 Å². The number of hydrogen-bond acceptors (Lipinski definition) is 3. The molecular formula is C16H24N2S. The Kier molecular flexibility index (Phi) is 4.15. The van der Waals surface area contributed by atoms with Crippen LogP contribution in [0.2, 0.25) is 0 Å². The molecule has 0 amide bonds. The Hall–Kier alpha value is -0.510. The minimum Gasteiger partial charge on any atom is -0.306 e. The van der Waals surface area contributed by atoms with Gasteiger partial charge in [0.1, 0.15) is 0 Å². The van der Waals surface area contributed by atoms with Crippen LogP contribution in [0.3, 0.4) is 0 Å². The quantitative estimate of drug-likeness (QED) is 0.834. The van der Waals surface area contributed by atoms with Gasteiger partial charge in [-0.05, 0) is 51.0 Å². The van der Waals surface area contributed by atoms with Gasteiger partial charge in [0.25, 0.3) is 0 Å². The van der Waals surface area contributed by atoms with Crippen LogP contribution in [-0.4, -0.2) is 55.3 Å². The molecule has 19 heavy (non-hydrogen) atoms. The summed E-state index contributed by atoms with van der Waals surface area (Å²) in [7, 11) is 4.53. The lowest BCUT2D eigenvalue weighted by Gasteiger charge is -2.23. The highest BCUT2D eigenvalue weighted by atomic mass is 32.2. The Morgan fingerprint density at radius 2 is 2.16 bits per heavy atom. The molecule has 0 radical (unpaired) electrons. The predicted octanol–water partition coefficient (Wildman–Crippen LogP) is 2.59. The summed E-state index contributed by atoms with van der Waals surface area (Å²) in [6, 6.07) is 8.88. The zero-order valence-corrected chi connectivity index (χ0v) is 12.8. The van der Waals surface area contributed by atoms with Gasteiger partial charge in [-0.2, -0.15) is 0 Å². The SMILES string of the molecule is CN1CCC(CN(C)CC2Cc3ccccc3S2)C1. The van der Waals surface area contributed by atoms with E-state index in [1.54, 1.807) is 5.56 Å². The highest BCUT2D eigenvalue weighted by molar-refractivity contribution is 8.00. The molecule has 0 N–H and O–H groups in total. The average molecular weight is 276 g/mol. The summed E-state index contributed by atoms with van der Waals surface area (Å²) >= 11 is 2.07. The van der Waals surface area contributed by atoms with E-state index in [-0.39, 0.29) is 0 Å². The lowest BCUT2D eigenvalue weighted by molar-refractivity contribution is 0.274. The van der Waals surface area contributed by atoms with Crippen molar-refractivity contribution >= 4 is 11.8 Å². The molecule has 3 heteroatoms. The van der Waals surface area contributed by atoms with Crippen molar-refractivity contribution in [3.8, 4) is 0 Å². The molecule has 1 fully saturated rings. The second kappa shape index (κ2) is 5.86. The standard InChI is InChI=1S/C16H24N2S/c1-17-8-7-13(10-17)11-18(2)12-15-9-14-5-3-4-6-16(14)19-15/h3-6,13,15H,7-12H2,1-2H3. The van der Waals surface area contributed by atoms with Crippen molar-refractivity contribution in [3.63, 3.8) is 0 Å². The fourth-order valence-corrected chi connectivity index (χ4v) is 4.80. The van der Waals surface area contributed by atoms with E-state index < -0.39 is 0 Å². The Bertz CT molecular complexity index is 410. The van der Waals surface area contributed by atoms with Gasteiger partial charge in [-0.1, -0.05) is 18.2 Å². The van der Waals surface area contributed by atoms with E-state index in [1.807, 2.05) is 0 Å². The Morgan fingerprint density at radius 3 is 2.89 bits per heavy atom. The van der Waals surface area contributed by atoms with Crippen molar-refractivity contribution in [1.82, 2.24) is 9.80 Å². The zero-order valence-electron chi connectivity index (χ0n) is 12.0. The van der Waals surface area contributed by atoms with Gasteiger partial charge in [0.05, 0.1) is 0 Å². The summed E-state index contributed by atoms with van der Waals surface area (Å²) in [5.74, 6) is 0.878. The number of nitrogens with zero attached hydrogens (tertiary/aromatic N) is 2. The fraction of sp³-hybridized carbons (Fsp3) is 0.625. The van der Waals surface area contributed by atoms with Crippen LogP contribution in [0.1, 0.15) is 12.0 Å². The highest BCUT2D eigenvalue weighted by Crippen LogP contribution is 2.37. The molecule has 2 unspecified atom stereocenters. The minimum absolute atomic E-state index is 0.751. The highest BCUT2D eigenvalue weighted by Gasteiger charge is 2.25. The lowest BCUT2D eigenvalue weighted by Crippen LogP contribution is -2.32. The van der Waals surface area contributed by atoms with Crippen molar-refractivity contribution in [2.45, 2.75) is 23.0 Å². The molecule has 2 atom stereocenters. The third kappa shape index (κ3) is 3.33. The third-order valence-corrected chi connectivity index (χ3v) is 5.59. The largest absolute Gasteiger partial charge is 0.306 e. The van der Waals surface area contributed by atoms with E-state index in [0.29, 0.717) is 0 Å². The molecule has 0 aromatic heterocycles. The van der Waals surface area contributed by atoms with Gasteiger partial charge < -0.3 is 9.80 Å². The first kappa shape index (κ1) is 13.5. The van der Waals surface area contributed by atoms with Crippen molar-refractivity contribution in [2.24, 2.45) is 5.92 Å². The number of hydrogen-bond donors (Lipinski definition) is 0. The maximum Gasteiger partial charge on any atom is 0.0263 e. The monoisotopic (exact) mass is 276 g/mol. The summed E-state index contributed by atoms with van der Waals surface area (Å²) in [6.45, 7) is 5.04. The topological polar surface area (TPSA) is 6.48 Å². The van der Waals surface area contributed by atoms with Gasteiger partial charge in [-0.3, -0.25) is 0 Å². The van der Waals surface area contributed by atoms with Crippen LogP contribution >= 0.6 is 11.8 Å². The van der Waals surface area contributed by atoms with Crippen LogP contribution < -0.4 is 0 Å². The van der Waals surface area contributed by atoms with E-state index in [2.05, 4.69) is 59.9 Å². The Morgan fingerprint density at radius 1 is 1.32 bits per heavy atom. The molecule has 0 aliphatic carbocycles. The van der Waals surface area contributed by atoms with Gasteiger partial charge in [-0.15, -0.1) is 11.8 Å². The fourth-order valence-electron chi connectivity index (χ4n) is 3.39. The molecule has 1 aromatic rings. The van der Waals surface area contributed by atoms with Crippen molar-refractivity contribution < 1.29 is 0 Å². The minimum atomic E-state index is 0.751. The van der Waals surface area contributed by atoms with Gasteiger partial charge in [0.15, 0.2) is 0 Å². The van der Waals surface area contributed by atoms with E-state index >= 15 is 0 Å². The molecule has 2 heterocycles. The van der Waals surface area contributed by atoms with Crippen molar-refractivity contribution in [2.75, 3.05) is 40.3 Å². The van der Waals surface area contributed by atoms with Gasteiger partial charge in [0, 0.05) is 29.8 Å². The van der Waals surface area contributed by atoms with Gasteiger partial charge in [0.2, 0.25) is 0 Å². The van der Waals surface area contributed by atoms with Crippen LogP contribution in [-0.2, 0) is 6.42 Å². The normalized spacial score (nSPS) is 27.1. The van der Waals surface area contributed by atoms with Crippen LogP contribution in [0.25, 0.3) is 0 Å². The first-order valence-corrected chi connectivity index (χ1v) is 8.20. The van der Waals surface area contributed by atoms with Gasteiger partial charge in [-0.25, -0.2) is 0 Å². The maximum absolute atomic E-state index is 2.55. The smallest absolute Gasteiger partial charge is 0.0263 e. The molecule has 1 saturated heterocycles. The van der Waals surface area contributed by atoms with Crippen molar-refractivity contribution in [3.05, 3.63) is 29.8 Å². The summed E-state index contributed by atoms with van der Waals surface area (Å²) in [5.41, 5.74) is 1.55. The molecule has 1 aromatic carbocycles. The maximum atomic E-state index is 2.55. The molecule has 3 rings (SSSR count). The Balaban J connectivity index is 1.48. The summed E-state index contributed by atoms with van der Waals surface area (Å²) in [6.07, 6.45) is 2.62. The second-order valence-corrected chi connectivity index (χ2v) is 7.53. The van der Waals surface area contributed by atoms with Gasteiger partial charge >= 0.3 is 0 Å². The first-order chi connectivity index (χ1) is 9.20. The van der Waals surface area contributed by atoms with E-state index in [9.17, 15) is 0 Å². The molecule has 0 bridgehead atoms. The summed E-state index contributed by atoms with van der Waals surface area (Å²) in [4.78, 5) is 6.51. The van der Waals surface area contributed by atoms with E-state index in [0.717, 1.165) is 11.2 Å². The molecule has 2 aliphatic rings. The molecule has 0 spiro atoms. The van der Waals surface area contributed by atoms with E-state index in [1.165, 1.54) is 43.9 Å². The number of benzene rings is 1. The number of fused-ring (bicyclic) bond motifs is 1. The molecule has 2 aliphatic heterocycles. The molecular weight excluding hydrogens is 252 g/mol. The molecule has 2 nitrogen and oxygen atoms in total. The van der Waals surface area contributed by atoms with Crippen molar-refractivity contribution in [1.29, 1.82) is 0 Å². The lowest BCUT2D eigenvalue weighted by atomic mass is 10.1. The van der Waals surface area contributed by atoms with E-state index in [4.69, 9.17) is 0 Å². The summed E-state index contributed by atoms with van der Waals surface area (Å²) < 4.78 is 0. The van der Waals surface area contributed by atoms with Crippen LogP contribution in [0, 0.1) is 5.92 Å². The first-order valence-electron chi connectivity index (χ1n) is 7.32. The number of thioether (sulfide) groups is 1. The average Bonchev–Trinajstić information content (AvgIpc) is 2.94. The molecule has 0 saturated carbocycles. The predicted molar refractivity (Wildman–Crippen MR) is 82.9 cm³/mol. The summed E-state index contributed by atoms with van der Waals surface area (Å²) in [5, 5.41) is 0.751. The number of likely N-dealkylation sites (tertiary alicyclic amines) is 1. The second-order valence-electron chi connectivity index (χ2n) is 6.19. The third-order valence-electron chi connectivity index (χ3n) is 4.29. The van der Waals surface area contributed by atoms with Crippen LogP contribution in [0.4, 0.5) is 0 Å². The zero-order chi connectivity index (χ0) is 13.2. The molecule has 104 valence electrons.